The maximum Gasteiger partial charge on any atom is 0.281 e. The lowest BCUT2D eigenvalue weighted by Gasteiger charge is -2.26. The summed E-state index contributed by atoms with van der Waals surface area (Å²) in [6.45, 7) is 11.4. The lowest BCUT2D eigenvalue weighted by atomic mass is 9.85. The third-order valence-electron chi connectivity index (χ3n) is 8.19. The Bertz CT molecular complexity index is 1370. The number of pyridine rings is 1. The van der Waals surface area contributed by atoms with E-state index in [1.54, 1.807) is 25.1 Å². The van der Waals surface area contributed by atoms with Crippen molar-refractivity contribution in [3.05, 3.63) is 50.8 Å². The number of unbranched alkanes of at least 4 members (excludes halogenated alkanes) is 2. The van der Waals surface area contributed by atoms with E-state index in [-0.39, 0.29) is 35.2 Å². The Balaban J connectivity index is 2.71. The summed E-state index contributed by atoms with van der Waals surface area (Å²) in [5, 5.41) is 41.9. The first-order valence-electron chi connectivity index (χ1n) is 15.2. The number of aromatic nitrogens is 1. The summed E-state index contributed by atoms with van der Waals surface area (Å²) in [4.78, 5) is 13.2. The van der Waals surface area contributed by atoms with Crippen molar-refractivity contribution in [2.24, 2.45) is 22.1 Å². The molecule has 0 amide bonds. The molecule has 0 saturated carbocycles. The number of rotatable bonds is 17. The third kappa shape index (κ3) is 8.95. The molecule has 0 bridgehead atoms. The van der Waals surface area contributed by atoms with Crippen LogP contribution in [0.1, 0.15) is 120 Å². The molecule has 0 fully saturated rings. The second-order valence-corrected chi connectivity index (χ2v) is 12.5. The number of aliphatic hydroxyl groups excluding tert-OH is 2. The summed E-state index contributed by atoms with van der Waals surface area (Å²) in [5.74, 6) is -1.43. The summed E-state index contributed by atoms with van der Waals surface area (Å²) >= 11 is 0. The highest BCUT2D eigenvalue weighted by Gasteiger charge is 2.26. The molecule has 0 spiro atoms. The maximum atomic E-state index is 13.2. The molecule has 0 aliphatic heterocycles. The lowest BCUT2D eigenvalue weighted by molar-refractivity contribution is 0.0933. The van der Waals surface area contributed by atoms with Crippen LogP contribution in [0.15, 0.2) is 33.2 Å². The van der Waals surface area contributed by atoms with E-state index in [4.69, 9.17) is 0 Å². The Kier molecular flexibility index (Phi) is 13.8. The van der Waals surface area contributed by atoms with Gasteiger partial charge < -0.3 is 15.3 Å². The van der Waals surface area contributed by atoms with Crippen LogP contribution in [0.4, 0.5) is 11.4 Å². The van der Waals surface area contributed by atoms with Crippen molar-refractivity contribution >= 4 is 21.5 Å². The van der Waals surface area contributed by atoms with Gasteiger partial charge in [0.05, 0.1) is 17.9 Å². The van der Waals surface area contributed by atoms with Crippen molar-refractivity contribution in [2.45, 2.75) is 117 Å². The number of benzene rings is 1. The van der Waals surface area contributed by atoms with Gasteiger partial charge in [-0.25, -0.2) is 0 Å². The van der Waals surface area contributed by atoms with Crippen molar-refractivity contribution in [2.75, 3.05) is 0 Å². The van der Waals surface area contributed by atoms with Crippen LogP contribution in [0.2, 0.25) is 0 Å². The van der Waals surface area contributed by atoms with Gasteiger partial charge in [-0.15, -0.1) is 10.2 Å². The minimum Gasteiger partial charge on any atom is -0.494 e. The highest BCUT2D eigenvalue weighted by Crippen LogP contribution is 2.39. The molecular formula is C31H49N3O7S. The second kappa shape index (κ2) is 16.3. The summed E-state index contributed by atoms with van der Waals surface area (Å²) in [5.41, 5.74) is 0.585. The molecule has 4 N–H and O–H groups in total. The van der Waals surface area contributed by atoms with Crippen LogP contribution < -0.4 is 5.56 Å². The SMILES string of the molecule is CCCCC(CC)C(O)c1ccc(N=Nc2c(C)c(CS(=O)(=O)O)c(O)n(CC)c2=O)c(C(O)C(CC)CCCC)c1. The number of hydrogen-bond donors (Lipinski definition) is 4. The molecule has 2 aromatic rings. The standard InChI is InChI=1S/C31H49N3O7S/c1-7-12-14-21(9-3)28(35)23-16-17-26(24(18-23)29(36)22(10-4)15-13-8-2)32-33-27-20(6)25(19-42(39,40)41)30(37)34(11-5)31(27)38/h16-18,21-22,28-29,35-37H,7-15,19H2,1-6H3,(H,39,40,41). The summed E-state index contributed by atoms with van der Waals surface area (Å²) in [6.07, 6.45) is 5.61. The van der Waals surface area contributed by atoms with E-state index >= 15 is 0 Å². The predicted molar refractivity (Wildman–Crippen MR) is 165 cm³/mol. The number of hydrogen-bond acceptors (Lipinski definition) is 8. The normalized spacial score (nSPS) is 15.2. The van der Waals surface area contributed by atoms with Crippen LogP contribution in [0.3, 0.4) is 0 Å². The van der Waals surface area contributed by atoms with Crippen molar-refractivity contribution in [1.82, 2.24) is 4.57 Å². The average molecular weight is 608 g/mol. The van der Waals surface area contributed by atoms with Gasteiger partial charge in [0.15, 0.2) is 11.6 Å². The monoisotopic (exact) mass is 607 g/mol. The maximum absolute atomic E-state index is 13.2. The van der Waals surface area contributed by atoms with Crippen molar-refractivity contribution < 1.29 is 28.3 Å². The molecule has 236 valence electrons. The summed E-state index contributed by atoms with van der Waals surface area (Å²) < 4.78 is 33.7. The Morgan fingerprint density at radius 3 is 1.98 bits per heavy atom. The number of nitrogens with zero attached hydrogens (tertiary/aromatic N) is 3. The summed E-state index contributed by atoms with van der Waals surface area (Å²) in [6, 6.07) is 5.21. The van der Waals surface area contributed by atoms with E-state index in [1.165, 1.54) is 6.92 Å². The Morgan fingerprint density at radius 1 is 0.905 bits per heavy atom. The molecule has 1 aromatic heterocycles. The van der Waals surface area contributed by atoms with E-state index in [0.29, 0.717) is 16.8 Å². The average Bonchev–Trinajstić information content (AvgIpc) is 2.95. The van der Waals surface area contributed by atoms with Gasteiger partial charge in [0.1, 0.15) is 5.75 Å². The molecular weight excluding hydrogens is 558 g/mol. The fourth-order valence-corrected chi connectivity index (χ4v) is 6.15. The number of aromatic hydroxyl groups is 1. The van der Waals surface area contributed by atoms with Crippen LogP contribution in [0.25, 0.3) is 0 Å². The molecule has 0 aliphatic carbocycles. The molecule has 0 saturated heterocycles. The van der Waals surface area contributed by atoms with E-state index in [2.05, 4.69) is 31.0 Å². The van der Waals surface area contributed by atoms with Gasteiger partial charge in [0.2, 0.25) is 0 Å². The molecule has 4 atom stereocenters. The zero-order valence-electron chi connectivity index (χ0n) is 25.9. The number of azo groups is 1. The van der Waals surface area contributed by atoms with Crippen LogP contribution in [-0.4, -0.2) is 32.9 Å². The van der Waals surface area contributed by atoms with E-state index < -0.39 is 39.5 Å². The minimum absolute atomic E-state index is 0.0364. The Hall–Kier alpha value is -2.60. The first-order chi connectivity index (χ1) is 19.8. The molecule has 0 radical (unpaired) electrons. The molecule has 11 heteroatoms. The molecule has 1 aromatic carbocycles. The first kappa shape index (κ1) is 35.6. The Labute approximate surface area is 250 Å². The molecule has 1 heterocycles. The van der Waals surface area contributed by atoms with E-state index in [1.807, 2.05) is 6.92 Å². The van der Waals surface area contributed by atoms with Crippen LogP contribution in [-0.2, 0) is 22.4 Å². The molecule has 4 unspecified atom stereocenters. The third-order valence-corrected chi connectivity index (χ3v) is 8.85. The van der Waals surface area contributed by atoms with Crippen molar-refractivity contribution in [3.8, 4) is 5.88 Å². The van der Waals surface area contributed by atoms with Gasteiger partial charge in [0.25, 0.3) is 15.7 Å². The zero-order chi connectivity index (χ0) is 31.6. The summed E-state index contributed by atoms with van der Waals surface area (Å²) in [7, 11) is -4.51. The van der Waals surface area contributed by atoms with Gasteiger partial charge in [0, 0.05) is 17.7 Å². The van der Waals surface area contributed by atoms with Gasteiger partial charge in [-0.2, -0.15) is 8.42 Å². The predicted octanol–water partition coefficient (Wildman–Crippen LogP) is 7.19. The molecule has 2 rings (SSSR count). The fraction of sp³-hybridized carbons (Fsp3) is 0.645. The van der Waals surface area contributed by atoms with Gasteiger partial charge >= 0.3 is 0 Å². The molecule has 10 nitrogen and oxygen atoms in total. The van der Waals surface area contributed by atoms with Gasteiger partial charge in [-0.3, -0.25) is 13.9 Å². The second-order valence-electron chi connectivity index (χ2n) is 11.1. The van der Waals surface area contributed by atoms with Gasteiger partial charge in [-0.05, 0) is 61.8 Å². The highest BCUT2D eigenvalue weighted by molar-refractivity contribution is 7.85. The molecule has 0 aliphatic rings. The molecule has 42 heavy (non-hydrogen) atoms. The van der Waals surface area contributed by atoms with Gasteiger partial charge in [-0.1, -0.05) is 72.3 Å². The minimum atomic E-state index is -4.51. The quantitative estimate of drug-likeness (QED) is 0.109. The first-order valence-corrected chi connectivity index (χ1v) is 16.8. The topological polar surface area (TPSA) is 162 Å². The fourth-order valence-electron chi connectivity index (χ4n) is 5.44. The van der Waals surface area contributed by atoms with Crippen LogP contribution >= 0.6 is 0 Å². The van der Waals surface area contributed by atoms with E-state index in [0.717, 1.165) is 55.9 Å². The largest absolute Gasteiger partial charge is 0.494 e. The van der Waals surface area contributed by atoms with Crippen molar-refractivity contribution in [1.29, 1.82) is 0 Å². The number of aliphatic hydroxyl groups is 2. The van der Waals surface area contributed by atoms with Crippen molar-refractivity contribution in [3.63, 3.8) is 0 Å². The van der Waals surface area contributed by atoms with E-state index in [9.17, 15) is 33.1 Å². The zero-order valence-corrected chi connectivity index (χ0v) is 26.7. The smallest absolute Gasteiger partial charge is 0.281 e. The van der Waals surface area contributed by atoms with Crippen LogP contribution in [0.5, 0.6) is 5.88 Å². The Morgan fingerprint density at radius 2 is 1.48 bits per heavy atom. The highest BCUT2D eigenvalue weighted by atomic mass is 32.2. The van der Waals surface area contributed by atoms with Crippen LogP contribution in [0, 0.1) is 18.8 Å². The lowest BCUT2D eigenvalue weighted by Crippen LogP contribution is -2.22.